The predicted molar refractivity (Wildman–Crippen MR) is 166 cm³/mol. The first-order valence-electron chi connectivity index (χ1n) is 14.1. The van der Waals surface area contributed by atoms with Gasteiger partial charge in [0, 0.05) is 53.7 Å². The average molecular weight is 683 g/mol. The fourth-order valence-electron chi connectivity index (χ4n) is 4.95. The third kappa shape index (κ3) is 7.66. The number of aromatic carboxylic acids is 1. The second-order valence-electron chi connectivity index (χ2n) is 10.5. The Morgan fingerprint density at radius 2 is 1.58 bits per heavy atom. The van der Waals surface area contributed by atoms with Crippen LogP contribution in [0.5, 0.6) is 11.5 Å². The van der Waals surface area contributed by atoms with Gasteiger partial charge in [0.15, 0.2) is 17.4 Å². The van der Waals surface area contributed by atoms with Crippen molar-refractivity contribution in [1.82, 2.24) is 10.6 Å². The van der Waals surface area contributed by atoms with Gasteiger partial charge in [-0.1, -0.05) is 12.1 Å². The Morgan fingerprint density at radius 3 is 2.27 bits per heavy atom. The van der Waals surface area contributed by atoms with Crippen molar-refractivity contribution in [2.45, 2.75) is 12.8 Å². The van der Waals surface area contributed by atoms with E-state index in [1.165, 1.54) is 24.3 Å². The van der Waals surface area contributed by atoms with Gasteiger partial charge in [-0.05, 0) is 60.0 Å². The molecule has 1 aliphatic carbocycles. The van der Waals surface area contributed by atoms with Crippen molar-refractivity contribution in [3.05, 3.63) is 105 Å². The minimum absolute atomic E-state index is 0.0208. The molecule has 0 saturated heterocycles. The molecule has 0 unspecified atom stereocenters. The molecule has 0 bridgehead atoms. The first kappa shape index (κ1) is 33.7. The molecule has 48 heavy (non-hydrogen) atoms. The monoisotopic (exact) mass is 682 g/mol. The number of phenols is 1. The number of carboxylic acids is 1. The molecule has 5 rings (SSSR count). The van der Waals surface area contributed by atoms with Crippen LogP contribution < -0.4 is 20.6 Å². The summed E-state index contributed by atoms with van der Waals surface area (Å²) in [6, 6.07) is 12.8. The number of phosphoric ester groups is 1. The summed E-state index contributed by atoms with van der Waals surface area (Å²) in [5, 5.41) is 25.0. The average Bonchev–Trinajstić information content (AvgIpc) is 3.02. The highest BCUT2D eigenvalue weighted by Crippen LogP contribution is 2.43. The number of nitrogens with one attached hydrogen (secondary N) is 2. The molecule has 3 aromatic carbocycles. The van der Waals surface area contributed by atoms with E-state index in [0.717, 1.165) is 30.3 Å². The van der Waals surface area contributed by atoms with Crippen molar-refractivity contribution in [3.8, 4) is 33.9 Å². The molecule has 0 radical (unpaired) electrons. The van der Waals surface area contributed by atoms with E-state index in [4.69, 9.17) is 14.2 Å². The van der Waals surface area contributed by atoms with Crippen LogP contribution in [0.4, 0.5) is 8.78 Å². The normalized spacial score (nSPS) is 11.4. The molecule has 1 heterocycles. The Hall–Kier alpha value is -5.63. The number of carbonyl (C=O) groups is 3. The molecule has 2 aliphatic rings. The molecule has 13 nitrogen and oxygen atoms in total. The fourth-order valence-corrected chi connectivity index (χ4v) is 5.35. The maximum Gasteiger partial charge on any atom is 0.524 e. The largest absolute Gasteiger partial charge is 0.524 e. The summed E-state index contributed by atoms with van der Waals surface area (Å²) in [6.45, 7) is 0.0157. The lowest BCUT2D eigenvalue weighted by Gasteiger charge is -2.18. The topological polar surface area (TPSA) is 213 Å². The zero-order valence-corrected chi connectivity index (χ0v) is 25.4. The van der Waals surface area contributed by atoms with Crippen molar-refractivity contribution < 1.29 is 56.7 Å². The van der Waals surface area contributed by atoms with Crippen molar-refractivity contribution in [1.29, 1.82) is 0 Å². The molecule has 248 valence electrons. The number of rotatable bonds is 11. The van der Waals surface area contributed by atoms with E-state index >= 15 is 0 Å². The van der Waals surface area contributed by atoms with Crippen LogP contribution in [-0.2, 0) is 15.8 Å². The number of benzene rings is 4. The number of aromatic hydroxyl groups is 1. The van der Waals surface area contributed by atoms with Gasteiger partial charge in [0.2, 0.25) is 11.3 Å². The number of amides is 2. The molecular weight excluding hydrogens is 657 g/mol. The summed E-state index contributed by atoms with van der Waals surface area (Å²) in [4.78, 5) is 67.3. The van der Waals surface area contributed by atoms with Crippen LogP contribution in [0.15, 0.2) is 75.9 Å². The number of carbonyl (C=O) groups excluding carboxylic acids is 2. The molecule has 0 atom stereocenters. The smallest absolute Gasteiger partial charge is 0.505 e. The Balaban J connectivity index is 1.32. The second kappa shape index (κ2) is 13.6. The second-order valence-corrected chi connectivity index (χ2v) is 11.6. The predicted octanol–water partition coefficient (Wildman–Crippen LogP) is 4.20. The van der Waals surface area contributed by atoms with E-state index in [-0.39, 0.29) is 75.7 Å². The molecule has 0 aromatic heterocycles. The van der Waals surface area contributed by atoms with Gasteiger partial charge in [-0.2, -0.15) is 0 Å². The maximum atomic E-state index is 14.5. The highest BCUT2D eigenvalue weighted by molar-refractivity contribution is 7.46. The zero-order chi connectivity index (χ0) is 34.7. The third-order valence-corrected chi connectivity index (χ3v) is 7.59. The quantitative estimate of drug-likeness (QED) is 0.0660. The molecule has 1 aliphatic heterocycles. The fraction of sp³-hybridized carbons (Fsp3) is 0.125. The Morgan fingerprint density at radius 1 is 0.875 bits per heavy atom. The first-order valence-corrected chi connectivity index (χ1v) is 15.6. The van der Waals surface area contributed by atoms with Crippen LogP contribution >= 0.6 is 7.82 Å². The van der Waals surface area contributed by atoms with Crippen molar-refractivity contribution in [2.75, 3.05) is 13.1 Å². The molecule has 3 aromatic rings. The summed E-state index contributed by atoms with van der Waals surface area (Å²) in [7, 11) is -4.69. The first-order chi connectivity index (χ1) is 22.7. The number of hydrogen-bond donors (Lipinski definition) is 6. The Bertz CT molecular complexity index is 2150. The molecule has 0 fully saturated rings. The Labute approximate surface area is 269 Å². The van der Waals surface area contributed by atoms with Gasteiger partial charge < -0.3 is 29.8 Å². The standard InChI is InChI=1S/C32H25F2N2O11P/c33-23-12-21-27(14-25(23)37)46-28-15-26(38)24(34)13-22(28)30(21)20-11-17(4-7-19(20)32(41)42)31(40)36-10-9-35-29(39)8-3-16-1-5-18(6-2-16)47-48(43,44)45/h1-2,4-7,11-15,37H,3,8-10H2,(H,35,39)(H,36,40)(H,41,42)(H2,43,44,45). The van der Waals surface area contributed by atoms with E-state index in [1.807, 2.05) is 0 Å². The number of halogens is 2. The van der Waals surface area contributed by atoms with Crippen LogP contribution in [0, 0.1) is 11.6 Å². The molecule has 2 amide bonds. The van der Waals surface area contributed by atoms with Crippen LogP contribution in [0.2, 0.25) is 0 Å². The highest BCUT2D eigenvalue weighted by Gasteiger charge is 2.25. The van der Waals surface area contributed by atoms with E-state index in [9.17, 15) is 42.7 Å². The van der Waals surface area contributed by atoms with E-state index in [2.05, 4.69) is 15.2 Å². The summed E-state index contributed by atoms with van der Waals surface area (Å²) in [5.41, 5.74) is -1.10. The van der Waals surface area contributed by atoms with Crippen LogP contribution in [-0.4, -0.2) is 50.9 Å². The van der Waals surface area contributed by atoms with Crippen LogP contribution in [0.3, 0.4) is 0 Å². The number of hydrogen-bond acceptors (Lipinski definition) is 8. The number of aryl methyl sites for hydroxylation is 1. The zero-order valence-electron chi connectivity index (χ0n) is 24.5. The minimum Gasteiger partial charge on any atom is -0.505 e. The Kier molecular flexibility index (Phi) is 9.57. The lowest BCUT2D eigenvalue weighted by Crippen LogP contribution is -2.34. The van der Waals surface area contributed by atoms with E-state index in [1.54, 1.807) is 12.1 Å². The highest BCUT2D eigenvalue weighted by atomic mass is 31.2. The van der Waals surface area contributed by atoms with E-state index < -0.39 is 42.5 Å². The van der Waals surface area contributed by atoms with Gasteiger partial charge in [0.1, 0.15) is 17.1 Å². The molecular formula is C32H25F2N2O11P. The van der Waals surface area contributed by atoms with Crippen LogP contribution in [0.1, 0.15) is 32.7 Å². The lowest BCUT2D eigenvalue weighted by atomic mass is 9.89. The third-order valence-electron chi connectivity index (χ3n) is 7.14. The van der Waals surface area contributed by atoms with Gasteiger partial charge >= 0.3 is 13.8 Å². The summed E-state index contributed by atoms with van der Waals surface area (Å²) in [6.07, 6.45) is 0.386. The van der Waals surface area contributed by atoms with Crippen molar-refractivity contribution >= 4 is 36.6 Å². The van der Waals surface area contributed by atoms with Gasteiger partial charge in [-0.3, -0.25) is 24.2 Å². The summed E-state index contributed by atoms with van der Waals surface area (Å²) in [5.74, 6) is -5.69. The lowest BCUT2D eigenvalue weighted by molar-refractivity contribution is -0.121. The van der Waals surface area contributed by atoms with Gasteiger partial charge in [0.25, 0.3) is 5.91 Å². The van der Waals surface area contributed by atoms with Crippen molar-refractivity contribution in [2.24, 2.45) is 0 Å². The molecule has 6 N–H and O–H groups in total. The molecule has 16 heteroatoms. The number of carboxylic acid groups (broad SMARTS) is 1. The molecule has 0 saturated carbocycles. The maximum absolute atomic E-state index is 14.5. The van der Waals surface area contributed by atoms with Gasteiger partial charge in [-0.15, -0.1) is 0 Å². The summed E-state index contributed by atoms with van der Waals surface area (Å²) < 4.78 is 50.0. The van der Waals surface area contributed by atoms with Gasteiger partial charge in [-0.25, -0.2) is 18.1 Å². The number of phosphoric acid groups is 1. The number of fused-ring (bicyclic) bond motifs is 2. The van der Waals surface area contributed by atoms with Crippen LogP contribution in [0.25, 0.3) is 33.4 Å². The van der Waals surface area contributed by atoms with Gasteiger partial charge in [0.05, 0.1) is 5.56 Å². The SMILES string of the molecule is O=C(CCc1ccc(OP(=O)(O)O)cc1)NCCNC(=O)c1ccc(C(=O)O)c(-c2c3cc(F)c(=O)cc-3oc3cc(O)c(F)cc23)c1. The van der Waals surface area contributed by atoms with E-state index in [0.29, 0.717) is 12.0 Å². The number of phenolic OH excluding ortho intramolecular Hbond substituents is 1. The summed E-state index contributed by atoms with van der Waals surface area (Å²) >= 11 is 0. The molecule has 0 spiro atoms. The van der Waals surface area contributed by atoms with Crippen molar-refractivity contribution in [3.63, 3.8) is 0 Å². The minimum atomic E-state index is -4.69.